The molecule has 2 heterocycles. The number of nitrogens with zero attached hydrogens (tertiary/aromatic N) is 4. The largest absolute Gasteiger partial charge is 0.472 e. The zero-order valence-corrected chi connectivity index (χ0v) is 17.4. The van der Waals surface area contributed by atoms with Gasteiger partial charge in [-0.3, -0.25) is 4.79 Å². The molecule has 1 aromatic heterocycles. The average molecular weight is 420 g/mol. The molecular weight excluding hydrogens is 396 g/mol. The maximum atomic E-state index is 12.9. The third kappa shape index (κ3) is 4.83. The minimum atomic E-state index is -3.53. The molecule has 3 rings (SSSR count). The fourth-order valence-corrected chi connectivity index (χ4v) is 3.94. The first-order valence-electron chi connectivity index (χ1n) is 9.17. The smallest absolute Gasteiger partial charge is 0.319 e. The molecule has 29 heavy (non-hydrogen) atoms. The lowest BCUT2D eigenvalue weighted by atomic mass is 10.1. The van der Waals surface area contributed by atoms with Crippen molar-refractivity contribution in [2.24, 2.45) is 0 Å². The van der Waals surface area contributed by atoms with Crippen LogP contribution in [0.4, 0.5) is 0 Å². The van der Waals surface area contributed by atoms with Gasteiger partial charge in [-0.2, -0.15) is 4.98 Å². The molecule has 1 aromatic carbocycles. The normalized spacial score (nSPS) is 17.2. The summed E-state index contributed by atoms with van der Waals surface area (Å²) in [5.74, 6) is 0.238. The molecule has 0 aliphatic carbocycles. The molecule has 1 fully saturated rings. The number of benzene rings is 1. The number of sulfonamides is 1. The monoisotopic (exact) mass is 420 g/mol. The number of carbonyl (C=O) groups is 1. The third-order valence-corrected chi connectivity index (χ3v) is 6.45. The Kier molecular flexibility index (Phi) is 6.33. The SMILES string of the molecule is COc1nccc(OC2CCCN(C(=O)c3ccc(S(=O)(=O)N(C)C)cc3)C2)n1. The molecular formula is C19H24N4O5S. The summed E-state index contributed by atoms with van der Waals surface area (Å²) in [5.41, 5.74) is 0.437. The van der Waals surface area contributed by atoms with Crippen LogP contribution in [0.5, 0.6) is 11.9 Å². The summed E-state index contributed by atoms with van der Waals surface area (Å²) < 4.78 is 36.4. The van der Waals surface area contributed by atoms with Gasteiger partial charge in [0.1, 0.15) is 6.10 Å². The Labute approximate surface area is 170 Å². The zero-order valence-electron chi connectivity index (χ0n) is 16.6. The number of amides is 1. The minimum absolute atomic E-state index is 0.150. The van der Waals surface area contributed by atoms with Gasteiger partial charge >= 0.3 is 6.01 Å². The van der Waals surface area contributed by atoms with E-state index in [0.717, 1.165) is 17.1 Å². The predicted molar refractivity (Wildman–Crippen MR) is 105 cm³/mol. The van der Waals surface area contributed by atoms with Gasteiger partial charge in [0.15, 0.2) is 0 Å². The summed E-state index contributed by atoms with van der Waals surface area (Å²) in [6, 6.07) is 7.85. The lowest BCUT2D eigenvalue weighted by Crippen LogP contribution is -2.44. The van der Waals surface area contributed by atoms with E-state index in [1.54, 1.807) is 29.3 Å². The topological polar surface area (TPSA) is 102 Å². The molecule has 10 heteroatoms. The fourth-order valence-electron chi connectivity index (χ4n) is 3.04. The highest BCUT2D eigenvalue weighted by molar-refractivity contribution is 7.89. The van der Waals surface area contributed by atoms with Crippen molar-refractivity contribution in [1.29, 1.82) is 0 Å². The van der Waals surface area contributed by atoms with Crippen LogP contribution in [-0.2, 0) is 10.0 Å². The van der Waals surface area contributed by atoms with E-state index in [1.807, 2.05) is 0 Å². The molecule has 0 bridgehead atoms. The van der Waals surface area contributed by atoms with Gasteiger partial charge in [-0.15, -0.1) is 0 Å². The van der Waals surface area contributed by atoms with Crippen molar-refractivity contribution >= 4 is 15.9 Å². The molecule has 0 radical (unpaired) electrons. The second kappa shape index (κ2) is 8.75. The summed E-state index contributed by atoms with van der Waals surface area (Å²) >= 11 is 0. The molecule has 0 saturated carbocycles. The van der Waals surface area contributed by atoms with Crippen molar-refractivity contribution in [2.75, 3.05) is 34.3 Å². The molecule has 1 unspecified atom stereocenters. The van der Waals surface area contributed by atoms with Gasteiger partial charge in [-0.1, -0.05) is 0 Å². The van der Waals surface area contributed by atoms with Gasteiger partial charge in [-0.05, 0) is 37.1 Å². The maximum Gasteiger partial charge on any atom is 0.319 e. The van der Waals surface area contributed by atoms with Crippen LogP contribution in [0.15, 0.2) is 41.4 Å². The van der Waals surface area contributed by atoms with E-state index < -0.39 is 10.0 Å². The highest BCUT2D eigenvalue weighted by Crippen LogP contribution is 2.20. The summed E-state index contributed by atoms with van der Waals surface area (Å²) in [4.78, 5) is 22.8. The van der Waals surface area contributed by atoms with E-state index in [1.165, 1.54) is 33.3 Å². The lowest BCUT2D eigenvalue weighted by molar-refractivity contribution is 0.0525. The number of carbonyl (C=O) groups excluding carboxylic acids is 1. The summed E-state index contributed by atoms with van der Waals surface area (Å²) in [5, 5.41) is 0. The molecule has 1 amide bonds. The number of rotatable bonds is 6. The van der Waals surface area contributed by atoms with Gasteiger partial charge < -0.3 is 14.4 Å². The number of aromatic nitrogens is 2. The number of hydrogen-bond donors (Lipinski definition) is 0. The van der Waals surface area contributed by atoms with Gasteiger partial charge in [-0.25, -0.2) is 17.7 Å². The van der Waals surface area contributed by atoms with Crippen LogP contribution < -0.4 is 9.47 Å². The number of hydrogen-bond acceptors (Lipinski definition) is 7. The molecule has 2 aromatic rings. The fraction of sp³-hybridized carbons (Fsp3) is 0.421. The summed E-state index contributed by atoms with van der Waals surface area (Å²) in [7, 11) is 0.890. The van der Waals surface area contributed by atoms with Crippen LogP contribution in [0.2, 0.25) is 0 Å². The van der Waals surface area contributed by atoms with Crippen molar-refractivity contribution in [3.8, 4) is 11.9 Å². The van der Waals surface area contributed by atoms with E-state index in [2.05, 4.69) is 9.97 Å². The number of methoxy groups -OCH3 is 1. The van der Waals surface area contributed by atoms with Crippen LogP contribution in [0.3, 0.4) is 0 Å². The Balaban J connectivity index is 1.67. The minimum Gasteiger partial charge on any atom is -0.472 e. The first kappa shape index (κ1) is 21.0. The van der Waals surface area contributed by atoms with Crippen molar-refractivity contribution in [2.45, 2.75) is 23.8 Å². The van der Waals surface area contributed by atoms with E-state index in [4.69, 9.17) is 9.47 Å². The molecule has 9 nitrogen and oxygen atoms in total. The lowest BCUT2D eigenvalue weighted by Gasteiger charge is -2.32. The van der Waals surface area contributed by atoms with Gasteiger partial charge in [0.25, 0.3) is 5.91 Å². The molecule has 1 saturated heterocycles. The quantitative estimate of drug-likeness (QED) is 0.696. The molecule has 156 valence electrons. The summed E-state index contributed by atoms with van der Waals surface area (Å²) in [6.45, 7) is 1.03. The first-order valence-corrected chi connectivity index (χ1v) is 10.6. The van der Waals surface area contributed by atoms with E-state index in [9.17, 15) is 13.2 Å². The van der Waals surface area contributed by atoms with Crippen molar-refractivity contribution in [1.82, 2.24) is 19.2 Å². The van der Waals surface area contributed by atoms with Crippen LogP contribution >= 0.6 is 0 Å². The van der Waals surface area contributed by atoms with Crippen molar-refractivity contribution in [3.63, 3.8) is 0 Å². The van der Waals surface area contributed by atoms with E-state index in [-0.39, 0.29) is 22.9 Å². The highest BCUT2D eigenvalue weighted by Gasteiger charge is 2.26. The zero-order chi connectivity index (χ0) is 21.0. The highest BCUT2D eigenvalue weighted by atomic mass is 32.2. The van der Waals surface area contributed by atoms with Gasteiger partial charge in [0.2, 0.25) is 15.9 Å². The Hall–Kier alpha value is -2.72. The Morgan fingerprint density at radius 2 is 1.93 bits per heavy atom. The number of likely N-dealkylation sites (tertiary alicyclic amines) is 1. The molecule has 1 atom stereocenters. The van der Waals surface area contributed by atoms with Crippen molar-refractivity contribution < 1.29 is 22.7 Å². The molecule has 0 spiro atoms. The molecule has 0 N–H and O–H groups in total. The summed E-state index contributed by atoms with van der Waals surface area (Å²) in [6.07, 6.45) is 2.96. The van der Waals surface area contributed by atoms with Crippen LogP contribution in [-0.4, -0.2) is 73.9 Å². The molecule has 1 aliphatic heterocycles. The van der Waals surface area contributed by atoms with Crippen LogP contribution in [0.25, 0.3) is 0 Å². The standard InChI is InChI=1S/C19H24N4O5S/c1-22(2)29(25,26)16-8-6-14(7-9-16)18(24)23-12-4-5-15(13-23)28-17-10-11-20-19(21-17)27-3/h6-11,15H,4-5,12-13H2,1-3H3. The second-order valence-electron chi connectivity index (χ2n) is 6.83. The van der Waals surface area contributed by atoms with Gasteiger partial charge in [0.05, 0.1) is 18.6 Å². The average Bonchev–Trinajstić information content (AvgIpc) is 2.73. The predicted octanol–water partition coefficient (Wildman–Crippen LogP) is 1.42. The van der Waals surface area contributed by atoms with Crippen LogP contribution in [0.1, 0.15) is 23.2 Å². The third-order valence-electron chi connectivity index (χ3n) is 4.62. The Morgan fingerprint density at radius 3 is 2.59 bits per heavy atom. The van der Waals surface area contributed by atoms with E-state index in [0.29, 0.717) is 24.5 Å². The molecule has 1 aliphatic rings. The Bertz CT molecular complexity index is 963. The number of ether oxygens (including phenoxy) is 2. The number of piperidine rings is 1. The van der Waals surface area contributed by atoms with Gasteiger partial charge in [0, 0.05) is 38.5 Å². The maximum absolute atomic E-state index is 12.9. The van der Waals surface area contributed by atoms with E-state index >= 15 is 0 Å². The van der Waals surface area contributed by atoms with Crippen molar-refractivity contribution in [3.05, 3.63) is 42.1 Å². The second-order valence-corrected chi connectivity index (χ2v) is 8.98. The van der Waals surface area contributed by atoms with Crippen LogP contribution in [0, 0.1) is 0 Å². The Morgan fingerprint density at radius 1 is 1.21 bits per heavy atom. The first-order chi connectivity index (χ1) is 13.8.